The van der Waals surface area contributed by atoms with E-state index in [2.05, 4.69) is 19.2 Å². The van der Waals surface area contributed by atoms with E-state index in [1.165, 1.54) is 11.6 Å². The maximum atomic E-state index is 11.6. The third-order valence-corrected chi connectivity index (χ3v) is 2.70. The van der Waals surface area contributed by atoms with Gasteiger partial charge in [-0.05, 0) is 30.0 Å². The van der Waals surface area contributed by atoms with Crippen molar-refractivity contribution in [2.75, 3.05) is 11.9 Å². The fourth-order valence-corrected chi connectivity index (χ4v) is 1.55. The smallest absolute Gasteiger partial charge is 0.330 e. The first-order valence-electron chi connectivity index (χ1n) is 6.76. The zero-order valence-corrected chi connectivity index (χ0v) is 12.2. The van der Waals surface area contributed by atoms with Gasteiger partial charge in [-0.2, -0.15) is 0 Å². The summed E-state index contributed by atoms with van der Waals surface area (Å²) in [6.07, 6.45) is 3.76. The van der Waals surface area contributed by atoms with Gasteiger partial charge in [0, 0.05) is 11.8 Å². The van der Waals surface area contributed by atoms with E-state index < -0.39 is 5.97 Å². The van der Waals surface area contributed by atoms with E-state index in [9.17, 15) is 9.59 Å². The fraction of sp³-hybridized carbons (Fsp3) is 0.375. The van der Waals surface area contributed by atoms with Crippen LogP contribution in [0.1, 0.15) is 38.7 Å². The summed E-state index contributed by atoms with van der Waals surface area (Å²) >= 11 is 0. The van der Waals surface area contributed by atoms with Crippen LogP contribution in [-0.4, -0.2) is 18.5 Å². The van der Waals surface area contributed by atoms with Gasteiger partial charge in [0.05, 0.1) is 0 Å². The molecule has 1 aromatic carbocycles. The minimum atomic E-state index is -0.503. The van der Waals surface area contributed by atoms with Gasteiger partial charge in [-0.3, -0.25) is 4.79 Å². The maximum absolute atomic E-state index is 11.6. The van der Waals surface area contributed by atoms with Gasteiger partial charge in [0.25, 0.3) is 5.91 Å². The summed E-state index contributed by atoms with van der Waals surface area (Å²) in [6.45, 7) is 5.85. The molecule has 4 nitrogen and oxygen atoms in total. The minimum absolute atomic E-state index is 0.279. The molecular weight excluding hydrogens is 254 g/mol. The minimum Gasteiger partial charge on any atom is -0.452 e. The van der Waals surface area contributed by atoms with E-state index in [0.29, 0.717) is 11.6 Å². The largest absolute Gasteiger partial charge is 0.452 e. The second-order valence-corrected chi connectivity index (χ2v) is 4.74. The lowest BCUT2D eigenvalue weighted by Crippen LogP contribution is -2.20. The van der Waals surface area contributed by atoms with Crippen molar-refractivity contribution in [3.05, 3.63) is 42.0 Å². The Kier molecular flexibility index (Phi) is 6.50. The molecule has 0 radical (unpaired) electrons. The van der Waals surface area contributed by atoms with Crippen LogP contribution < -0.4 is 5.32 Å². The molecular formula is C16H21NO3. The first kappa shape index (κ1) is 16.0. The van der Waals surface area contributed by atoms with Crippen molar-refractivity contribution in [3.8, 4) is 0 Å². The van der Waals surface area contributed by atoms with Crippen molar-refractivity contribution < 1.29 is 14.3 Å². The van der Waals surface area contributed by atoms with E-state index in [-0.39, 0.29) is 12.5 Å². The number of carbonyl (C=O) groups excluding carboxylic acids is 2. The predicted molar refractivity (Wildman–Crippen MR) is 79.6 cm³/mol. The molecule has 0 unspecified atom stereocenters. The van der Waals surface area contributed by atoms with E-state index >= 15 is 0 Å². The number of hydrogen-bond acceptors (Lipinski definition) is 3. The average Bonchev–Trinajstić information content (AvgIpc) is 2.43. The van der Waals surface area contributed by atoms with E-state index in [1.807, 2.05) is 31.2 Å². The van der Waals surface area contributed by atoms with Gasteiger partial charge in [0.2, 0.25) is 0 Å². The number of benzene rings is 1. The molecule has 0 heterocycles. The van der Waals surface area contributed by atoms with E-state index in [4.69, 9.17) is 4.74 Å². The number of carbonyl (C=O) groups is 2. The Hall–Kier alpha value is -2.10. The molecule has 1 N–H and O–H groups in total. The Morgan fingerprint density at radius 1 is 1.25 bits per heavy atom. The Bertz CT molecular complexity index is 475. The van der Waals surface area contributed by atoms with Crippen LogP contribution in [0, 0.1) is 0 Å². The highest BCUT2D eigenvalue weighted by Gasteiger charge is 2.06. The molecule has 0 aliphatic rings. The Labute approximate surface area is 119 Å². The maximum Gasteiger partial charge on any atom is 0.330 e. The Morgan fingerprint density at radius 2 is 1.90 bits per heavy atom. The molecule has 0 fully saturated rings. The first-order valence-corrected chi connectivity index (χ1v) is 6.76. The summed E-state index contributed by atoms with van der Waals surface area (Å²) in [5, 5.41) is 2.68. The highest BCUT2D eigenvalue weighted by molar-refractivity contribution is 5.93. The van der Waals surface area contributed by atoms with Crippen LogP contribution >= 0.6 is 0 Å². The van der Waals surface area contributed by atoms with Gasteiger partial charge in [0.15, 0.2) is 6.61 Å². The number of esters is 1. The van der Waals surface area contributed by atoms with Gasteiger partial charge < -0.3 is 10.1 Å². The first-order chi connectivity index (χ1) is 9.52. The summed E-state index contributed by atoms with van der Waals surface area (Å²) in [5.74, 6) is -0.399. The molecule has 0 atom stereocenters. The quantitative estimate of drug-likeness (QED) is 0.640. The van der Waals surface area contributed by atoms with E-state index in [0.717, 1.165) is 6.42 Å². The van der Waals surface area contributed by atoms with Crippen molar-refractivity contribution in [1.82, 2.24) is 0 Å². The predicted octanol–water partition coefficient (Wildman–Crippen LogP) is 3.26. The van der Waals surface area contributed by atoms with Gasteiger partial charge in [-0.15, -0.1) is 0 Å². The third-order valence-electron chi connectivity index (χ3n) is 2.70. The van der Waals surface area contributed by atoms with Crippen LogP contribution in [0.5, 0.6) is 0 Å². The van der Waals surface area contributed by atoms with Crippen molar-refractivity contribution >= 4 is 17.6 Å². The summed E-state index contributed by atoms with van der Waals surface area (Å²) < 4.78 is 4.80. The molecule has 0 saturated carbocycles. The number of ether oxygens (including phenoxy) is 1. The highest BCUT2D eigenvalue weighted by Crippen LogP contribution is 2.16. The number of anilines is 1. The molecule has 0 aliphatic heterocycles. The van der Waals surface area contributed by atoms with Crippen LogP contribution in [0.25, 0.3) is 0 Å². The number of hydrogen-bond donors (Lipinski definition) is 1. The molecule has 1 aromatic rings. The summed E-state index contributed by atoms with van der Waals surface area (Å²) in [5.41, 5.74) is 1.90. The summed E-state index contributed by atoms with van der Waals surface area (Å²) in [6, 6.07) is 7.62. The lowest BCUT2D eigenvalue weighted by Gasteiger charge is -2.08. The second-order valence-electron chi connectivity index (χ2n) is 4.74. The van der Waals surface area contributed by atoms with Crippen molar-refractivity contribution in [1.29, 1.82) is 0 Å². The van der Waals surface area contributed by atoms with Crippen LogP contribution in [0.3, 0.4) is 0 Å². The number of allylic oxidation sites excluding steroid dienone is 1. The number of nitrogens with one attached hydrogen (secondary N) is 1. The molecule has 0 spiro atoms. The molecule has 108 valence electrons. The lowest BCUT2D eigenvalue weighted by atomic mass is 10.0. The lowest BCUT2D eigenvalue weighted by molar-refractivity contribution is -0.142. The van der Waals surface area contributed by atoms with Crippen LogP contribution in [0.2, 0.25) is 0 Å². The SMILES string of the molecule is CC/C=C/C(=O)OCC(=O)Nc1ccc(C(C)C)cc1. The van der Waals surface area contributed by atoms with E-state index in [1.54, 1.807) is 6.08 Å². The number of amides is 1. The molecule has 1 rings (SSSR count). The number of rotatable bonds is 6. The summed E-state index contributed by atoms with van der Waals surface area (Å²) in [7, 11) is 0. The summed E-state index contributed by atoms with van der Waals surface area (Å²) in [4.78, 5) is 22.8. The van der Waals surface area contributed by atoms with Crippen molar-refractivity contribution in [3.63, 3.8) is 0 Å². The van der Waals surface area contributed by atoms with Crippen molar-refractivity contribution in [2.24, 2.45) is 0 Å². The van der Waals surface area contributed by atoms with Gasteiger partial charge in [-0.25, -0.2) is 4.79 Å². The van der Waals surface area contributed by atoms with Crippen LogP contribution in [0.4, 0.5) is 5.69 Å². The normalized spacial score (nSPS) is 10.8. The molecule has 20 heavy (non-hydrogen) atoms. The average molecular weight is 275 g/mol. The zero-order valence-electron chi connectivity index (χ0n) is 12.2. The fourth-order valence-electron chi connectivity index (χ4n) is 1.55. The highest BCUT2D eigenvalue weighted by atomic mass is 16.5. The Morgan fingerprint density at radius 3 is 2.45 bits per heavy atom. The molecule has 0 bridgehead atoms. The van der Waals surface area contributed by atoms with Crippen LogP contribution in [-0.2, 0) is 14.3 Å². The van der Waals surface area contributed by atoms with Crippen molar-refractivity contribution in [2.45, 2.75) is 33.1 Å². The molecule has 1 amide bonds. The van der Waals surface area contributed by atoms with Gasteiger partial charge >= 0.3 is 5.97 Å². The standard InChI is InChI=1S/C16H21NO3/c1-4-5-6-16(19)20-11-15(18)17-14-9-7-13(8-10-14)12(2)3/h5-10,12H,4,11H2,1-3H3,(H,17,18)/b6-5+. The van der Waals surface area contributed by atoms with Gasteiger partial charge in [0.1, 0.15) is 0 Å². The third kappa shape index (κ3) is 5.69. The molecule has 0 saturated heterocycles. The second kappa shape index (κ2) is 8.15. The molecule has 4 heteroatoms. The van der Waals surface area contributed by atoms with Gasteiger partial charge in [-0.1, -0.05) is 39.0 Å². The topological polar surface area (TPSA) is 55.4 Å². The van der Waals surface area contributed by atoms with Crippen LogP contribution in [0.15, 0.2) is 36.4 Å². The molecule has 0 aromatic heterocycles. The molecule has 0 aliphatic carbocycles. The zero-order chi connectivity index (χ0) is 15.0. The Balaban J connectivity index is 2.42. The monoisotopic (exact) mass is 275 g/mol.